The standard InChI is InChI=1S/C5H6FN3/c6-5-3-7-8-9(5)4-1-2-4/h3-4H,1-2H2. The summed E-state index contributed by atoms with van der Waals surface area (Å²) in [6.07, 6.45) is 3.22. The van der Waals surface area contributed by atoms with E-state index in [9.17, 15) is 4.39 Å². The van der Waals surface area contributed by atoms with E-state index in [-0.39, 0.29) is 5.95 Å². The molecule has 1 heterocycles. The molecule has 0 radical (unpaired) electrons. The molecule has 1 aromatic rings. The Balaban J connectivity index is 2.35. The number of nitrogens with zero attached hydrogens (tertiary/aromatic N) is 3. The quantitative estimate of drug-likeness (QED) is 0.557. The van der Waals surface area contributed by atoms with Crippen molar-refractivity contribution in [3.8, 4) is 0 Å². The Kier molecular flexibility index (Phi) is 0.831. The molecule has 3 nitrogen and oxygen atoms in total. The van der Waals surface area contributed by atoms with Crippen LogP contribution in [0.5, 0.6) is 0 Å². The Bertz CT molecular complexity index is 216. The minimum absolute atomic E-state index is 0.299. The van der Waals surface area contributed by atoms with Crippen LogP contribution in [0.2, 0.25) is 0 Å². The summed E-state index contributed by atoms with van der Waals surface area (Å²) in [7, 11) is 0. The summed E-state index contributed by atoms with van der Waals surface area (Å²) < 4.78 is 13.8. The molecule has 1 saturated carbocycles. The van der Waals surface area contributed by atoms with E-state index in [1.54, 1.807) is 0 Å². The summed E-state index contributed by atoms with van der Waals surface area (Å²) in [5, 5.41) is 6.99. The van der Waals surface area contributed by atoms with Crippen LogP contribution in [-0.4, -0.2) is 15.0 Å². The lowest BCUT2D eigenvalue weighted by atomic mass is 10.7. The van der Waals surface area contributed by atoms with E-state index in [1.165, 1.54) is 4.68 Å². The summed E-state index contributed by atoms with van der Waals surface area (Å²) in [6, 6.07) is 0.299. The van der Waals surface area contributed by atoms with E-state index in [0.29, 0.717) is 6.04 Å². The predicted molar refractivity (Wildman–Crippen MR) is 28.3 cm³/mol. The van der Waals surface area contributed by atoms with Gasteiger partial charge >= 0.3 is 0 Å². The fraction of sp³-hybridized carbons (Fsp3) is 0.600. The fourth-order valence-electron chi connectivity index (χ4n) is 0.798. The third-order valence-electron chi connectivity index (χ3n) is 1.42. The van der Waals surface area contributed by atoms with Gasteiger partial charge in [0.05, 0.1) is 6.04 Å². The third kappa shape index (κ3) is 0.704. The van der Waals surface area contributed by atoms with E-state index < -0.39 is 0 Å². The SMILES string of the molecule is Fc1cnnn1C1CC1. The topological polar surface area (TPSA) is 30.7 Å². The van der Waals surface area contributed by atoms with Gasteiger partial charge in [0, 0.05) is 0 Å². The van der Waals surface area contributed by atoms with E-state index in [0.717, 1.165) is 19.0 Å². The highest BCUT2D eigenvalue weighted by Crippen LogP contribution is 2.34. The molecule has 0 aromatic carbocycles. The van der Waals surface area contributed by atoms with Gasteiger partial charge in [0.15, 0.2) is 0 Å². The number of halogens is 1. The molecule has 0 N–H and O–H groups in total. The van der Waals surface area contributed by atoms with Crippen molar-refractivity contribution < 1.29 is 4.39 Å². The predicted octanol–water partition coefficient (Wildman–Crippen LogP) is 0.752. The molecular formula is C5H6FN3. The molecule has 1 aliphatic rings. The molecule has 0 spiro atoms. The highest BCUT2D eigenvalue weighted by molar-refractivity contribution is 4.84. The van der Waals surface area contributed by atoms with E-state index in [1.807, 2.05) is 0 Å². The smallest absolute Gasteiger partial charge is 0.216 e. The Labute approximate surface area is 51.5 Å². The van der Waals surface area contributed by atoms with Crippen molar-refractivity contribution in [1.82, 2.24) is 15.0 Å². The van der Waals surface area contributed by atoms with Crippen molar-refractivity contribution in [3.05, 3.63) is 12.1 Å². The van der Waals surface area contributed by atoms with E-state index >= 15 is 0 Å². The van der Waals surface area contributed by atoms with E-state index in [2.05, 4.69) is 10.3 Å². The number of hydrogen-bond acceptors (Lipinski definition) is 2. The van der Waals surface area contributed by atoms with Crippen LogP contribution >= 0.6 is 0 Å². The fourth-order valence-corrected chi connectivity index (χ4v) is 0.798. The van der Waals surface area contributed by atoms with Gasteiger partial charge in [-0.1, -0.05) is 5.21 Å². The molecule has 4 heteroatoms. The lowest BCUT2D eigenvalue weighted by Gasteiger charge is -1.91. The first-order valence-electron chi connectivity index (χ1n) is 2.93. The van der Waals surface area contributed by atoms with Crippen molar-refractivity contribution in [3.63, 3.8) is 0 Å². The average molecular weight is 127 g/mol. The molecule has 0 saturated heterocycles. The van der Waals surface area contributed by atoms with Gasteiger partial charge in [-0.25, -0.2) is 4.68 Å². The molecule has 1 aliphatic carbocycles. The third-order valence-corrected chi connectivity index (χ3v) is 1.42. The van der Waals surface area contributed by atoms with E-state index in [4.69, 9.17) is 0 Å². The summed E-state index contributed by atoms with van der Waals surface area (Å²) >= 11 is 0. The van der Waals surface area contributed by atoms with Crippen LogP contribution in [0, 0.1) is 5.95 Å². The second kappa shape index (κ2) is 1.52. The minimum Gasteiger partial charge on any atom is -0.216 e. The lowest BCUT2D eigenvalue weighted by Crippen LogP contribution is -1.98. The van der Waals surface area contributed by atoms with Crippen molar-refractivity contribution in [1.29, 1.82) is 0 Å². The molecule has 48 valence electrons. The zero-order valence-corrected chi connectivity index (χ0v) is 4.79. The Morgan fingerprint density at radius 1 is 1.67 bits per heavy atom. The monoisotopic (exact) mass is 127 g/mol. The maximum absolute atomic E-state index is 12.5. The van der Waals surface area contributed by atoms with Crippen LogP contribution in [0.1, 0.15) is 18.9 Å². The van der Waals surface area contributed by atoms with Crippen LogP contribution in [0.15, 0.2) is 6.20 Å². The van der Waals surface area contributed by atoms with Crippen molar-refractivity contribution >= 4 is 0 Å². The Morgan fingerprint density at radius 3 is 2.89 bits per heavy atom. The number of aromatic nitrogens is 3. The summed E-state index contributed by atoms with van der Waals surface area (Å²) in [5.74, 6) is -0.322. The van der Waals surface area contributed by atoms with Crippen molar-refractivity contribution in [2.75, 3.05) is 0 Å². The molecule has 9 heavy (non-hydrogen) atoms. The number of rotatable bonds is 1. The second-order valence-corrected chi connectivity index (χ2v) is 2.23. The lowest BCUT2D eigenvalue weighted by molar-refractivity contribution is 0.458. The normalized spacial score (nSPS) is 18.3. The Morgan fingerprint density at radius 2 is 2.44 bits per heavy atom. The van der Waals surface area contributed by atoms with Crippen molar-refractivity contribution in [2.45, 2.75) is 18.9 Å². The largest absolute Gasteiger partial charge is 0.231 e. The van der Waals surface area contributed by atoms with Gasteiger partial charge in [-0.2, -0.15) is 4.39 Å². The first-order valence-corrected chi connectivity index (χ1v) is 2.93. The van der Waals surface area contributed by atoms with Crippen LogP contribution in [0.3, 0.4) is 0 Å². The van der Waals surface area contributed by atoms with Crippen LogP contribution in [0.4, 0.5) is 4.39 Å². The van der Waals surface area contributed by atoms with Crippen LogP contribution < -0.4 is 0 Å². The molecule has 1 aromatic heterocycles. The molecule has 0 bridgehead atoms. The van der Waals surface area contributed by atoms with Gasteiger partial charge in [-0.05, 0) is 12.8 Å². The molecule has 0 aliphatic heterocycles. The molecule has 0 amide bonds. The highest BCUT2D eigenvalue weighted by atomic mass is 19.1. The molecule has 1 fully saturated rings. The Hall–Kier alpha value is -0.930. The zero-order valence-electron chi connectivity index (χ0n) is 4.79. The van der Waals surface area contributed by atoms with Gasteiger partial charge in [0.1, 0.15) is 6.20 Å². The van der Waals surface area contributed by atoms with Gasteiger partial charge in [-0.15, -0.1) is 5.10 Å². The summed E-state index contributed by atoms with van der Waals surface area (Å²) in [6.45, 7) is 0. The van der Waals surface area contributed by atoms with Gasteiger partial charge in [-0.3, -0.25) is 0 Å². The van der Waals surface area contributed by atoms with Gasteiger partial charge in [0.2, 0.25) is 5.95 Å². The maximum atomic E-state index is 12.5. The average Bonchev–Trinajstić information content (AvgIpc) is 2.58. The maximum Gasteiger partial charge on any atom is 0.231 e. The summed E-state index contributed by atoms with van der Waals surface area (Å²) in [5.41, 5.74) is 0. The minimum atomic E-state index is -0.322. The van der Waals surface area contributed by atoms with Gasteiger partial charge < -0.3 is 0 Å². The zero-order chi connectivity index (χ0) is 6.27. The van der Waals surface area contributed by atoms with Crippen LogP contribution in [0.25, 0.3) is 0 Å². The summed E-state index contributed by atoms with van der Waals surface area (Å²) in [4.78, 5) is 0. The number of hydrogen-bond donors (Lipinski definition) is 0. The van der Waals surface area contributed by atoms with Crippen LogP contribution in [-0.2, 0) is 0 Å². The molecule has 0 atom stereocenters. The second-order valence-electron chi connectivity index (χ2n) is 2.23. The highest BCUT2D eigenvalue weighted by Gasteiger charge is 2.26. The molecule has 2 rings (SSSR count). The van der Waals surface area contributed by atoms with Crippen molar-refractivity contribution in [2.24, 2.45) is 0 Å². The molecular weight excluding hydrogens is 121 g/mol. The first kappa shape index (κ1) is 4.90. The molecule has 0 unspecified atom stereocenters. The van der Waals surface area contributed by atoms with Gasteiger partial charge in [0.25, 0.3) is 0 Å². The first-order chi connectivity index (χ1) is 4.38.